The Morgan fingerprint density at radius 3 is 2.95 bits per heavy atom. The summed E-state index contributed by atoms with van der Waals surface area (Å²) >= 11 is 0. The molecule has 0 radical (unpaired) electrons. The predicted octanol–water partition coefficient (Wildman–Crippen LogP) is -0.371. The van der Waals surface area contributed by atoms with Crippen LogP contribution in [0.3, 0.4) is 0 Å². The third-order valence-corrected chi connectivity index (χ3v) is 5.14. The summed E-state index contributed by atoms with van der Waals surface area (Å²) in [6.45, 7) is 2.57. The van der Waals surface area contributed by atoms with Crippen LogP contribution in [-0.4, -0.2) is 60.8 Å². The zero-order chi connectivity index (χ0) is 13.9. The van der Waals surface area contributed by atoms with Gasteiger partial charge in [-0.05, 0) is 13.5 Å². The van der Waals surface area contributed by atoms with E-state index in [0.29, 0.717) is 11.5 Å². The van der Waals surface area contributed by atoms with E-state index in [0.717, 1.165) is 26.1 Å². The van der Waals surface area contributed by atoms with E-state index in [9.17, 15) is 8.42 Å². The zero-order valence-corrected chi connectivity index (χ0v) is 12.4. The van der Waals surface area contributed by atoms with Gasteiger partial charge in [0.2, 0.25) is 0 Å². The highest BCUT2D eigenvalue weighted by Crippen LogP contribution is 2.10. The average molecular weight is 286 g/mol. The zero-order valence-electron chi connectivity index (χ0n) is 11.5. The fraction of sp³-hybridized carbons (Fsp3) is 0.750. The molecule has 0 spiro atoms. The average Bonchev–Trinajstić information content (AvgIpc) is 2.85. The second-order valence-electron chi connectivity index (χ2n) is 5.31. The van der Waals surface area contributed by atoms with Gasteiger partial charge in [0.05, 0.1) is 17.7 Å². The topological polar surface area (TPSA) is 67.2 Å². The minimum absolute atomic E-state index is 0.136. The van der Waals surface area contributed by atoms with Crippen LogP contribution >= 0.6 is 0 Å². The first-order chi connectivity index (χ1) is 8.94. The Bertz CT molecular complexity index is 512. The summed E-state index contributed by atoms with van der Waals surface area (Å²) in [7, 11) is 1.18. The van der Waals surface area contributed by atoms with E-state index in [1.165, 1.54) is 5.56 Å². The lowest BCUT2D eigenvalue weighted by Gasteiger charge is -2.17. The van der Waals surface area contributed by atoms with Crippen molar-refractivity contribution in [3.8, 4) is 0 Å². The molecule has 1 fully saturated rings. The van der Waals surface area contributed by atoms with Gasteiger partial charge in [0.15, 0.2) is 9.84 Å². The maximum atomic E-state index is 11.3. The highest BCUT2D eigenvalue weighted by molar-refractivity contribution is 7.91. The molecule has 0 saturated carbocycles. The van der Waals surface area contributed by atoms with Crippen molar-refractivity contribution < 1.29 is 8.42 Å². The van der Waals surface area contributed by atoms with Crippen LogP contribution in [0.2, 0.25) is 0 Å². The molecule has 0 amide bonds. The summed E-state index contributed by atoms with van der Waals surface area (Å²) in [5, 5.41) is 7.45. The van der Waals surface area contributed by atoms with Crippen molar-refractivity contribution in [2.75, 3.05) is 31.6 Å². The molecule has 1 N–H and O–H groups in total. The van der Waals surface area contributed by atoms with Crippen molar-refractivity contribution in [2.24, 2.45) is 7.05 Å². The normalized spacial score (nSPS) is 22.2. The molecular formula is C12H22N4O2S. The Morgan fingerprint density at radius 1 is 1.58 bits per heavy atom. The molecule has 0 aliphatic carbocycles. The molecule has 1 aromatic heterocycles. The number of aryl methyl sites for hydroxylation is 1. The molecule has 108 valence electrons. The first-order valence-electron chi connectivity index (χ1n) is 6.54. The molecule has 1 saturated heterocycles. The summed E-state index contributed by atoms with van der Waals surface area (Å²) in [4.78, 5) is 2.20. The Kier molecular flexibility index (Phi) is 4.59. The summed E-state index contributed by atoms with van der Waals surface area (Å²) in [6, 6.07) is 0.136. The first-order valence-corrected chi connectivity index (χ1v) is 8.36. The maximum Gasteiger partial charge on any atom is 0.151 e. The first kappa shape index (κ1) is 14.5. The molecule has 1 aliphatic heterocycles. The Balaban J connectivity index is 1.66. The van der Waals surface area contributed by atoms with Crippen LogP contribution in [0.1, 0.15) is 12.0 Å². The molecule has 0 aromatic carbocycles. The summed E-state index contributed by atoms with van der Waals surface area (Å²) in [5.41, 5.74) is 1.19. The largest absolute Gasteiger partial charge is 0.312 e. The van der Waals surface area contributed by atoms with E-state index in [2.05, 4.69) is 22.4 Å². The van der Waals surface area contributed by atoms with Crippen molar-refractivity contribution >= 4 is 9.84 Å². The molecule has 0 bridgehead atoms. The number of nitrogens with zero attached hydrogens (tertiary/aromatic N) is 3. The molecule has 2 heterocycles. The SMILES string of the molecule is CN(CCNC1CCS(=O)(=O)C1)Cc1cnn(C)c1. The molecule has 1 aromatic rings. The van der Waals surface area contributed by atoms with Gasteiger partial charge in [-0.2, -0.15) is 5.10 Å². The Labute approximate surface area is 114 Å². The third kappa shape index (κ3) is 4.59. The molecule has 2 rings (SSSR count). The van der Waals surface area contributed by atoms with Crippen molar-refractivity contribution in [1.82, 2.24) is 20.0 Å². The number of sulfone groups is 1. The number of likely N-dealkylation sites (N-methyl/N-ethyl adjacent to an activating group) is 1. The van der Waals surface area contributed by atoms with Gasteiger partial charge in [0, 0.05) is 44.5 Å². The number of hydrogen-bond donors (Lipinski definition) is 1. The number of aromatic nitrogens is 2. The lowest BCUT2D eigenvalue weighted by molar-refractivity contribution is 0.318. The quantitative estimate of drug-likeness (QED) is 0.773. The predicted molar refractivity (Wildman–Crippen MR) is 74.6 cm³/mol. The molecule has 7 heteroatoms. The summed E-state index contributed by atoms with van der Waals surface area (Å²) in [5.74, 6) is 0.621. The number of hydrogen-bond acceptors (Lipinski definition) is 5. The van der Waals surface area contributed by atoms with E-state index in [-0.39, 0.29) is 6.04 Å². The van der Waals surface area contributed by atoms with Crippen molar-refractivity contribution in [3.63, 3.8) is 0 Å². The molecule has 19 heavy (non-hydrogen) atoms. The van der Waals surface area contributed by atoms with Crippen LogP contribution in [0.25, 0.3) is 0 Å². The lowest BCUT2D eigenvalue weighted by atomic mass is 10.2. The van der Waals surface area contributed by atoms with Gasteiger partial charge in [-0.1, -0.05) is 0 Å². The standard InChI is InChI=1S/C12H22N4O2S/c1-15(8-11-7-14-16(2)9-11)5-4-13-12-3-6-19(17,18)10-12/h7,9,12-13H,3-6,8,10H2,1-2H3. The summed E-state index contributed by atoms with van der Waals surface area (Å²) < 4.78 is 24.4. The molecular weight excluding hydrogens is 264 g/mol. The van der Waals surface area contributed by atoms with Crippen LogP contribution in [0.4, 0.5) is 0 Å². The number of rotatable bonds is 6. The van der Waals surface area contributed by atoms with E-state index in [1.54, 1.807) is 4.68 Å². The Hall–Kier alpha value is -0.920. The lowest BCUT2D eigenvalue weighted by Crippen LogP contribution is -2.36. The third-order valence-electron chi connectivity index (χ3n) is 3.37. The highest BCUT2D eigenvalue weighted by Gasteiger charge is 2.27. The van der Waals surface area contributed by atoms with Gasteiger partial charge in [0.1, 0.15) is 0 Å². The van der Waals surface area contributed by atoms with Crippen LogP contribution in [-0.2, 0) is 23.4 Å². The van der Waals surface area contributed by atoms with E-state index in [4.69, 9.17) is 0 Å². The van der Waals surface area contributed by atoms with E-state index >= 15 is 0 Å². The minimum atomic E-state index is -2.78. The van der Waals surface area contributed by atoms with Crippen molar-refractivity contribution in [3.05, 3.63) is 18.0 Å². The molecule has 1 atom stereocenters. The maximum absolute atomic E-state index is 11.3. The second-order valence-corrected chi connectivity index (χ2v) is 7.54. The smallest absolute Gasteiger partial charge is 0.151 e. The van der Waals surface area contributed by atoms with Crippen LogP contribution in [0, 0.1) is 0 Å². The van der Waals surface area contributed by atoms with E-state index in [1.807, 2.05) is 19.4 Å². The summed E-state index contributed by atoms with van der Waals surface area (Å²) in [6.07, 6.45) is 4.62. The van der Waals surface area contributed by atoms with Gasteiger partial charge in [-0.25, -0.2) is 8.42 Å². The van der Waals surface area contributed by atoms with Gasteiger partial charge >= 0.3 is 0 Å². The van der Waals surface area contributed by atoms with Gasteiger partial charge in [-0.3, -0.25) is 4.68 Å². The monoisotopic (exact) mass is 286 g/mol. The molecule has 6 nitrogen and oxygen atoms in total. The van der Waals surface area contributed by atoms with Crippen LogP contribution < -0.4 is 5.32 Å². The van der Waals surface area contributed by atoms with Crippen LogP contribution in [0.5, 0.6) is 0 Å². The Morgan fingerprint density at radius 2 is 2.37 bits per heavy atom. The minimum Gasteiger partial charge on any atom is -0.312 e. The number of nitrogens with one attached hydrogen (secondary N) is 1. The van der Waals surface area contributed by atoms with Gasteiger partial charge < -0.3 is 10.2 Å². The van der Waals surface area contributed by atoms with Crippen molar-refractivity contribution in [2.45, 2.75) is 19.0 Å². The highest BCUT2D eigenvalue weighted by atomic mass is 32.2. The molecule has 1 aliphatic rings. The van der Waals surface area contributed by atoms with Gasteiger partial charge in [0.25, 0.3) is 0 Å². The fourth-order valence-corrected chi connectivity index (χ4v) is 4.07. The fourth-order valence-electron chi connectivity index (χ4n) is 2.36. The van der Waals surface area contributed by atoms with E-state index < -0.39 is 9.84 Å². The molecule has 1 unspecified atom stereocenters. The second kappa shape index (κ2) is 6.02. The van der Waals surface area contributed by atoms with Crippen molar-refractivity contribution in [1.29, 1.82) is 0 Å². The van der Waals surface area contributed by atoms with Crippen LogP contribution in [0.15, 0.2) is 12.4 Å². The van der Waals surface area contributed by atoms with Gasteiger partial charge in [-0.15, -0.1) is 0 Å².